The summed E-state index contributed by atoms with van der Waals surface area (Å²) in [5.41, 5.74) is 6.36. The van der Waals surface area contributed by atoms with E-state index in [0.717, 1.165) is 5.69 Å². The minimum Gasteiger partial charge on any atom is -0.328 e. The number of hydrogen-bond acceptors (Lipinski definition) is 2. The molecule has 1 aromatic rings. The van der Waals surface area contributed by atoms with Crippen LogP contribution in [0.25, 0.3) is 0 Å². The van der Waals surface area contributed by atoms with Gasteiger partial charge in [0.2, 0.25) is 0 Å². The number of nitrogens with two attached hydrogens (primary N) is 1. The van der Waals surface area contributed by atoms with E-state index in [2.05, 4.69) is 4.98 Å². The van der Waals surface area contributed by atoms with Crippen LogP contribution in [0.4, 0.5) is 4.39 Å². The van der Waals surface area contributed by atoms with E-state index in [0.29, 0.717) is 6.42 Å². The van der Waals surface area contributed by atoms with Crippen LogP contribution < -0.4 is 5.73 Å². The second-order valence-corrected chi connectivity index (χ2v) is 2.65. The van der Waals surface area contributed by atoms with Crippen LogP contribution in [0.5, 0.6) is 0 Å². The molecule has 1 atom stereocenters. The molecule has 3 heteroatoms. The number of hydrogen-bond donors (Lipinski definition) is 1. The highest BCUT2D eigenvalue weighted by atomic mass is 19.1. The van der Waals surface area contributed by atoms with Crippen LogP contribution in [0.15, 0.2) is 18.3 Å². The van der Waals surface area contributed by atoms with E-state index in [1.54, 1.807) is 6.07 Å². The Labute approximate surface area is 65.3 Å². The fourth-order valence-corrected chi connectivity index (χ4v) is 0.857. The first-order chi connectivity index (χ1) is 5.18. The molecule has 0 saturated heterocycles. The summed E-state index contributed by atoms with van der Waals surface area (Å²) in [6, 6.07) is 3.12. The van der Waals surface area contributed by atoms with Crippen molar-refractivity contribution in [3.63, 3.8) is 0 Å². The van der Waals surface area contributed by atoms with E-state index in [1.807, 2.05) is 6.92 Å². The Hall–Kier alpha value is -0.960. The Morgan fingerprint density at radius 2 is 2.36 bits per heavy atom. The number of aromatic nitrogens is 1. The van der Waals surface area contributed by atoms with Gasteiger partial charge in [-0.2, -0.15) is 0 Å². The van der Waals surface area contributed by atoms with Crippen molar-refractivity contribution in [3.05, 3.63) is 29.8 Å². The third-order valence-corrected chi connectivity index (χ3v) is 1.32. The van der Waals surface area contributed by atoms with E-state index in [9.17, 15) is 4.39 Å². The molecule has 11 heavy (non-hydrogen) atoms. The van der Waals surface area contributed by atoms with Gasteiger partial charge in [-0.25, -0.2) is 4.39 Å². The molecule has 0 bridgehead atoms. The van der Waals surface area contributed by atoms with Gasteiger partial charge in [0.1, 0.15) is 5.82 Å². The predicted octanol–water partition coefficient (Wildman–Crippen LogP) is 1.11. The SMILES string of the molecule is C[C@@H](N)Cc1ccc(F)cn1. The summed E-state index contributed by atoms with van der Waals surface area (Å²) in [6.45, 7) is 1.89. The Bertz CT molecular complexity index is 218. The van der Waals surface area contributed by atoms with Crippen molar-refractivity contribution in [2.45, 2.75) is 19.4 Å². The van der Waals surface area contributed by atoms with E-state index in [-0.39, 0.29) is 11.9 Å². The molecule has 0 amide bonds. The Morgan fingerprint density at radius 3 is 2.82 bits per heavy atom. The summed E-state index contributed by atoms with van der Waals surface area (Å²) in [7, 11) is 0. The molecule has 0 unspecified atom stereocenters. The second kappa shape index (κ2) is 3.44. The van der Waals surface area contributed by atoms with Crippen molar-refractivity contribution in [2.75, 3.05) is 0 Å². The lowest BCUT2D eigenvalue weighted by Gasteiger charge is -2.02. The molecule has 0 fully saturated rings. The third-order valence-electron chi connectivity index (χ3n) is 1.32. The standard InChI is InChI=1S/C8H11FN2/c1-6(10)4-8-3-2-7(9)5-11-8/h2-3,5-6H,4,10H2,1H3/t6-/m1/s1. The summed E-state index contributed by atoms with van der Waals surface area (Å²) < 4.78 is 12.3. The Morgan fingerprint density at radius 1 is 1.64 bits per heavy atom. The molecule has 0 aliphatic rings. The fraction of sp³-hybridized carbons (Fsp3) is 0.375. The van der Waals surface area contributed by atoms with Gasteiger partial charge in [0, 0.05) is 18.2 Å². The van der Waals surface area contributed by atoms with Gasteiger partial charge in [-0.05, 0) is 19.1 Å². The predicted molar refractivity (Wildman–Crippen MR) is 41.5 cm³/mol. The van der Waals surface area contributed by atoms with Crippen molar-refractivity contribution in [2.24, 2.45) is 5.73 Å². The maximum absolute atomic E-state index is 12.3. The first kappa shape index (κ1) is 8.14. The number of pyridine rings is 1. The van der Waals surface area contributed by atoms with Gasteiger partial charge in [0.25, 0.3) is 0 Å². The highest BCUT2D eigenvalue weighted by molar-refractivity contribution is 5.06. The largest absolute Gasteiger partial charge is 0.328 e. The maximum atomic E-state index is 12.3. The molecule has 0 spiro atoms. The Balaban J connectivity index is 2.66. The average molecular weight is 154 g/mol. The number of nitrogens with zero attached hydrogens (tertiary/aromatic N) is 1. The van der Waals surface area contributed by atoms with Gasteiger partial charge >= 0.3 is 0 Å². The van der Waals surface area contributed by atoms with Crippen molar-refractivity contribution < 1.29 is 4.39 Å². The summed E-state index contributed by atoms with van der Waals surface area (Å²) in [5.74, 6) is -0.307. The van der Waals surface area contributed by atoms with Gasteiger partial charge in [0.05, 0.1) is 6.20 Å². The summed E-state index contributed by atoms with van der Waals surface area (Å²) in [6.07, 6.45) is 1.90. The zero-order valence-electron chi connectivity index (χ0n) is 6.42. The number of rotatable bonds is 2. The zero-order chi connectivity index (χ0) is 8.27. The zero-order valence-corrected chi connectivity index (χ0v) is 6.42. The highest BCUT2D eigenvalue weighted by Crippen LogP contribution is 1.99. The van der Waals surface area contributed by atoms with E-state index in [1.165, 1.54) is 12.3 Å². The average Bonchev–Trinajstić information content (AvgIpc) is 1.93. The van der Waals surface area contributed by atoms with Crippen LogP contribution in [0.3, 0.4) is 0 Å². The van der Waals surface area contributed by atoms with Gasteiger partial charge in [-0.15, -0.1) is 0 Å². The first-order valence-electron chi connectivity index (χ1n) is 3.54. The van der Waals surface area contributed by atoms with E-state index >= 15 is 0 Å². The molecule has 60 valence electrons. The van der Waals surface area contributed by atoms with Crippen LogP contribution in [0.1, 0.15) is 12.6 Å². The monoisotopic (exact) mass is 154 g/mol. The van der Waals surface area contributed by atoms with E-state index < -0.39 is 0 Å². The van der Waals surface area contributed by atoms with Crippen LogP contribution in [0, 0.1) is 5.82 Å². The third kappa shape index (κ3) is 2.63. The van der Waals surface area contributed by atoms with Crippen molar-refractivity contribution in [3.8, 4) is 0 Å². The molecule has 0 saturated carbocycles. The van der Waals surface area contributed by atoms with Crippen LogP contribution in [0.2, 0.25) is 0 Å². The minimum atomic E-state index is -0.307. The Kier molecular flexibility index (Phi) is 2.54. The van der Waals surface area contributed by atoms with Crippen molar-refractivity contribution in [1.29, 1.82) is 0 Å². The molecular weight excluding hydrogens is 143 g/mol. The van der Waals surface area contributed by atoms with Gasteiger partial charge in [0.15, 0.2) is 0 Å². The lowest BCUT2D eigenvalue weighted by Crippen LogP contribution is -2.18. The molecule has 0 aliphatic carbocycles. The second-order valence-electron chi connectivity index (χ2n) is 2.65. The summed E-state index contributed by atoms with van der Waals surface area (Å²) >= 11 is 0. The lowest BCUT2D eigenvalue weighted by molar-refractivity contribution is 0.616. The fourth-order valence-electron chi connectivity index (χ4n) is 0.857. The summed E-state index contributed by atoms with van der Waals surface area (Å²) in [5, 5.41) is 0. The quantitative estimate of drug-likeness (QED) is 0.693. The van der Waals surface area contributed by atoms with E-state index in [4.69, 9.17) is 5.73 Å². The molecule has 0 radical (unpaired) electrons. The highest BCUT2D eigenvalue weighted by Gasteiger charge is 1.98. The minimum absolute atomic E-state index is 0.0768. The molecule has 2 N–H and O–H groups in total. The normalized spacial score (nSPS) is 13.0. The molecule has 2 nitrogen and oxygen atoms in total. The maximum Gasteiger partial charge on any atom is 0.141 e. The topological polar surface area (TPSA) is 38.9 Å². The van der Waals surface area contributed by atoms with Gasteiger partial charge < -0.3 is 5.73 Å². The van der Waals surface area contributed by atoms with Crippen molar-refractivity contribution >= 4 is 0 Å². The molecule has 1 heterocycles. The van der Waals surface area contributed by atoms with Crippen LogP contribution in [-0.2, 0) is 6.42 Å². The van der Waals surface area contributed by atoms with Crippen molar-refractivity contribution in [1.82, 2.24) is 4.98 Å². The van der Waals surface area contributed by atoms with Crippen LogP contribution in [-0.4, -0.2) is 11.0 Å². The molecule has 1 aromatic heterocycles. The first-order valence-corrected chi connectivity index (χ1v) is 3.54. The summed E-state index contributed by atoms with van der Waals surface area (Å²) in [4.78, 5) is 3.86. The smallest absolute Gasteiger partial charge is 0.141 e. The van der Waals surface area contributed by atoms with Gasteiger partial charge in [-0.1, -0.05) is 0 Å². The molecule has 0 aromatic carbocycles. The lowest BCUT2D eigenvalue weighted by atomic mass is 10.2. The molecule has 1 rings (SSSR count). The number of halogens is 1. The van der Waals surface area contributed by atoms with Gasteiger partial charge in [-0.3, -0.25) is 4.98 Å². The molecule has 0 aliphatic heterocycles. The van der Waals surface area contributed by atoms with Crippen LogP contribution >= 0.6 is 0 Å². The molecular formula is C8H11FN2.